The van der Waals surface area contributed by atoms with E-state index >= 15 is 0 Å². The lowest BCUT2D eigenvalue weighted by Gasteiger charge is -2.25. The molecule has 5 nitrogen and oxygen atoms in total. The summed E-state index contributed by atoms with van der Waals surface area (Å²) in [5.41, 5.74) is 7.50. The predicted molar refractivity (Wildman–Crippen MR) is 137 cm³/mol. The van der Waals surface area contributed by atoms with Crippen molar-refractivity contribution in [3.8, 4) is 17.2 Å². The van der Waals surface area contributed by atoms with Crippen LogP contribution in [-0.2, 0) is 12.8 Å². The van der Waals surface area contributed by atoms with E-state index in [0.717, 1.165) is 53.9 Å². The molecule has 0 bridgehead atoms. The van der Waals surface area contributed by atoms with Gasteiger partial charge in [-0.1, -0.05) is 60.7 Å². The molecule has 1 saturated heterocycles. The van der Waals surface area contributed by atoms with Crippen LogP contribution in [0.3, 0.4) is 0 Å². The lowest BCUT2D eigenvalue weighted by molar-refractivity contribution is 0.315. The number of aryl methyl sites for hydroxylation is 2. The minimum atomic E-state index is 0.482. The van der Waals surface area contributed by atoms with Gasteiger partial charge in [0.05, 0.1) is 11.3 Å². The van der Waals surface area contributed by atoms with Crippen LogP contribution in [0, 0.1) is 18.3 Å². The van der Waals surface area contributed by atoms with Gasteiger partial charge >= 0.3 is 0 Å². The second-order valence-electron chi connectivity index (χ2n) is 9.32. The Kier molecular flexibility index (Phi) is 6.08. The molecule has 1 aliphatic heterocycles. The van der Waals surface area contributed by atoms with Crippen LogP contribution in [0.25, 0.3) is 22.2 Å². The van der Waals surface area contributed by atoms with Crippen molar-refractivity contribution in [1.82, 2.24) is 9.88 Å². The average Bonchev–Trinajstić information content (AvgIpc) is 3.51. The lowest BCUT2D eigenvalue weighted by atomic mass is 9.93. The molecule has 4 aromatic rings. The van der Waals surface area contributed by atoms with Gasteiger partial charge in [0, 0.05) is 31.1 Å². The molecular weight excluding hydrogens is 420 g/mol. The first kappa shape index (κ1) is 22.2. The number of likely N-dealkylation sites (N-methyl/N-ethyl adjacent to an activating group) is 1. The third kappa shape index (κ3) is 4.06. The Bertz CT molecular complexity index is 1340. The van der Waals surface area contributed by atoms with E-state index in [1.807, 2.05) is 31.2 Å². The molecule has 0 aliphatic carbocycles. The molecule has 1 aromatic heterocycles. The average molecular weight is 451 g/mol. The van der Waals surface area contributed by atoms with Crippen LogP contribution >= 0.6 is 0 Å². The molecule has 0 radical (unpaired) electrons. The Balaban J connectivity index is 1.67. The summed E-state index contributed by atoms with van der Waals surface area (Å²) in [5.74, 6) is 0.685. The van der Waals surface area contributed by atoms with Crippen LogP contribution in [0.1, 0.15) is 29.0 Å². The predicted octanol–water partition coefficient (Wildman–Crippen LogP) is 5.60. The number of oxazole rings is 1. The van der Waals surface area contributed by atoms with E-state index in [4.69, 9.17) is 9.40 Å². The summed E-state index contributed by atoms with van der Waals surface area (Å²) >= 11 is 0. The molecule has 0 N–H and O–H groups in total. The van der Waals surface area contributed by atoms with Gasteiger partial charge < -0.3 is 14.2 Å². The highest BCUT2D eigenvalue weighted by atomic mass is 16.3. The number of fused-ring (bicyclic) bond motifs is 1. The summed E-state index contributed by atoms with van der Waals surface area (Å²) in [7, 11) is 4.28. The number of nitriles is 1. The summed E-state index contributed by atoms with van der Waals surface area (Å²) in [4.78, 5) is 9.57. The molecule has 1 atom stereocenters. The maximum Gasteiger partial charge on any atom is 0.195 e. The number of aromatic nitrogens is 1. The molecule has 172 valence electrons. The maximum absolute atomic E-state index is 10.1. The van der Waals surface area contributed by atoms with Gasteiger partial charge in [0.15, 0.2) is 11.5 Å². The third-order valence-corrected chi connectivity index (χ3v) is 6.96. The van der Waals surface area contributed by atoms with Gasteiger partial charge in [0.1, 0.15) is 11.6 Å². The van der Waals surface area contributed by atoms with E-state index in [-0.39, 0.29) is 0 Å². The maximum atomic E-state index is 10.1. The van der Waals surface area contributed by atoms with E-state index in [2.05, 4.69) is 66.4 Å². The first-order valence-electron chi connectivity index (χ1n) is 11.9. The highest BCUT2D eigenvalue weighted by Crippen LogP contribution is 2.44. The quantitative estimate of drug-likeness (QED) is 0.383. The van der Waals surface area contributed by atoms with E-state index < -0.39 is 0 Å². The zero-order chi connectivity index (χ0) is 23.7. The summed E-state index contributed by atoms with van der Waals surface area (Å²) < 4.78 is 6.47. The van der Waals surface area contributed by atoms with Gasteiger partial charge in [-0.2, -0.15) is 5.26 Å². The molecule has 2 heterocycles. The first-order chi connectivity index (χ1) is 16.6. The topological polar surface area (TPSA) is 56.3 Å². The Hall–Kier alpha value is -3.62. The van der Waals surface area contributed by atoms with E-state index in [9.17, 15) is 5.26 Å². The molecule has 5 rings (SSSR count). The van der Waals surface area contributed by atoms with Gasteiger partial charge in [-0.3, -0.25) is 0 Å². The van der Waals surface area contributed by atoms with Crippen molar-refractivity contribution in [3.63, 3.8) is 0 Å². The molecule has 1 aliphatic rings. The minimum absolute atomic E-state index is 0.482. The van der Waals surface area contributed by atoms with Gasteiger partial charge in [-0.05, 0) is 50.6 Å². The number of rotatable bonds is 6. The standard InChI is InChI=1S/C29H30N4O/c1-20-24(18-30)27-29(34-25(31-27)15-14-21-10-6-4-7-11-21)28(26(20)22-12-8-5-9-13-22)33-17-16-23(19-33)32(2)3/h4-13,23H,14-17,19H2,1-3H3. The second-order valence-corrected chi connectivity index (χ2v) is 9.32. The molecule has 34 heavy (non-hydrogen) atoms. The van der Waals surface area contributed by atoms with E-state index in [1.54, 1.807) is 0 Å². The molecule has 0 amide bonds. The number of hydrogen-bond donors (Lipinski definition) is 0. The van der Waals surface area contributed by atoms with Crippen molar-refractivity contribution in [1.29, 1.82) is 5.26 Å². The van der Waals surface area contributed by atoms with Gasteiger partial charge in [0.2, 0.25) is 0 Å². The molecule has 0 spiro atoms. The van der Waals surface area contributed by atoms with Crippen LogP contribution in [0.2, 0.25) is 0 Å². The zero-order valence-corrected chi connectivity index (χ0v) is 20.1. The summed E-state index contributed by atoms with van der Waals surface area (Å²) in [6.07, 6.45) is 2.64. The largest absolute Gasteiger partial charge is 0.438 e. The Morgan fingerprint density at radius 2 is 1.76 bits per heavy atom. The first-order valence-corrected chi connectivity index (χ1v) is 11.9. The Morgan fingerprint density at radius 1 is 1.06 bits per heavy atom. The molecule has 0 saturated carbocycles. The fraction of sp³-hybridized carbons (Fsp3) is 0.310. The summed E-state index contributed by atoms with van der Waals surface area (Å²) in [5, 5.41) is 10.1. The van der Waals surface area contributed by atoms with Crippen molar-refractivity contribution in [2.75, 3.05) is 32.1 Å². The lowest BCUT2D eigenvalue weighted by Crippen LogP contribution is -2.31. The van der Waals surface area contributed by atoms with Crippen LogP contribution in [0.15, 0.2) is 65.1 Å². The smallest absolute Gasteiger partial charge is 0.195 e. The van der Waals surface area contributed by atoms with Crippen molar-refractivity contribution in [3.05, 3.63) is 83.2 Å². The van der Waals surface area contributed by atoms with Gasteiger partial charge in [-0.25, -0.2) is 4.98 Å². The molecule has 1 fully saturated rings. The van der Waals surface area contributed by atoms with Gasteiger partial charge in [0.25, 0.3) is 0 Å². The van der Waals surface area contributed by atoms with Crippen molar-refractivity contribution in [2.24, 2.45) is 0 Å². The molecule has 5 heteroatoms. The third-order valence-electron chi connectivity index (χ3n) is 6.96. The minimum Gasteiger partial charge on any atom is -0.438 e. The van der Waals surface area contributed by atoms with Crippen molar-refractivity contribution < 1.29 is 4.42 Å². The normalized spacial score (nSPS) is 15.9. The van der Waals surface area contributed by atoms with Crippen LogP contribution in [-0.4, -0.2) is 43.1 Å². The number of benzene rings is 3. The highest BCUT2D eigenvalue weighted by Gasteiger charge is 2.31. The van der Waals surface area contributed by atoms with Crippen molar-refractivity contribution in [2.45, 2.75) is 32.2 Å². The Morgan fingerprint density at radius 3 is 2.41 bits per heavy atom. The zero-order valence-electron chi connectivity index (χ0n) is 20.1. The second kappa shape index (κ2) is 9.32. The number of hydrogen-bond acceptors (Lipinski definition) is 5. The monoisotopic (exact) mass is 450 g/mol. The van der Waals surface area contributed by atoms with E-state index in [0.29, 0.717) is 29.4 Å². The molecule has 1 unspecified atom stereocenters. The number of anilines is 1. The SMILES string of the molecule is Cc1c(-c2ccccc2)c(N2CCC(N(C)C)C2)c2oc(CCc3ccccc3)nc2c1C#N. The van der Waals surface area contributed by atoms with Crippen LogP contribution in [0.5, 0.6) is 0 Å². The fourth-order valence-corrected chi connectivity index (χ4v) is 5.05. The van der Waals surface area contributed by atoms with Crippen molar-refractivity contribution >= 4 is 16.8 Å². The fourth-order valence-electron chi connectivity index (χ4n) is 5.05. The van der Waals surface area contributed by atoms with Crippen LogP contribution < -0.4 is 4.90 Å². The summed E-state index contributed by atoms with van der Waals surface area (Å²) in [6, 6.07) is 23.6. The molecular formula is C29H30N4O. The highest BCUT2D eigenvalue weighted by molar-refractivity contribution is 6.02. The van der Waals surface area contributed by atoms with Gasteiger partial charge in [-0.15, -0.1) is 0 Å². The number of nitrogens with zero attached hydrogens (tertiary/aromatic N) is 4. The molecule has 3 aromatic carbocycles. The van der Waals surface area contributed by atoms with Crippen LogP contribution in [0.4, 0.5) is 5.69 Å². The van der Waals surface area contributed by atoms with E-state index in [1.165, 1.54) is 5.56 Å². The summed E-state index contributed by atoms with van der Waals surface area (Å²) in [6.45, 7) is 3.91. The Labute approximate surface area is 201 Å².